The minimum atomic E-state index is -0.255. The number of nitrogens with one attached hydrogen (secondary N) is 2. The van der Waals surface area contributed by atoms with Crippen LogP contribution in [0.3, 0.4) is 0 Å². The van der Waals surface area contributed by atoms with Gasteiger partial charge >= 0.3 is 0 Å². The molecule has 3 aromatic rings. The van der Waals surface area contributed by atoms with Crippen molar-refractivity contribution in [3.05, 3.63) is 77.9 Å². The Morgan fingerprint density at radius 2 is 1.71 bits per heavy atom. The number of benzene rings is 3. The molecule has 2 amide bonds. The summed E-state index contributed by atoms with van der Waals surface area (Å²) < 4.78 is 0. The summed E-state index contributed by atoms with van der Waals surface area (Å²) in [5.41, 5.74) is 5.47. The van der Waals surface area contributed by atoms with Gasteiger partial charge < -0.3 is 5.32 Å². The first-order chi connectivity index (χ1) is 13.6. The van der Waals surface area contributed by atoms with Crippen molar-refractivity contribution < 1.29 is 9.59 Å². The smallest absolute Gasteiger partial charge is 0.272 e. The Bertz CT molecular complexity index is 1080. The van der Waals surface area contributed by atoms with Gasteiger partial charge in [0.15, 0.2) is 0 Å². The van der Waals surface area contributed by atoms with Crippen molar-refractivity contribution in [2.45, 2.75) is 19.8 Å². The summed E-state index contributed by atoms with van der Waals surface area (Å²) in [5, 5.41) is 9.08. The van der Waals surface area contributed by atoms with Crippen LogP contribution in [-0.4, -0.2) is 17.5 Å². The Morgan fingerprint density at radius 3 is 2.54 bits per heavy atom. The number of carbonyl (C=O) groups is 2. The van der Waals surface area contributed by atoms with Gasteiger partial charge in [0.05, 0.1) is 5.71 Å². The Balaban J connectivity index is 1.49. The second kappa shape index (κ2) is 7.64. The van der Waals surface area contributed by atoms with E-state index in [0.29, 0.717) is 11.3 Å². The monoisotopic (exact) mass is 371 g/mol. The largest absolute Gasteiger partial charge is 0.326 e. The molecule has 0 aliphatic heterocycles. The molecule has 5 heteroatoms. The highest BCUT2D eigenvalue weighted by molar-refractivity contribution is 6.08. The molecular formula is C23H21N3O2. The van der Waals surface area contributed by atoms with Crippen LogP contribution in [0.1, 0.15) is 35.7 Å². The molecule has 0 radical (unpaired) electrons. The van der Waals surface area contributed by atoms with E-state index in [-0.39, 0.29) is 17.7 Å². The number of fused-ring (bicyclic) bond motifs is 1. The van der Waals surface area contributed by atoms with E-state index in [0.717, 1.165) is 34.9 Å². The highest BCUT2D eigenvalue weighted by Crippen LogP contribution is 2.30. The molecular weight excluding hydrogens is 350 g/mol. The zero-order valence-electron chi connectivity index (χ0n) is 15.6. The van der Waals surface area contributed by atoms with Crippen LogP contribution in [0.15, 0.2) is 71.8 Å². The third kappa shape index (κ3) is 3.93. The maximum absolute atomic E-state index is 12.6. The highest BCUT2D eigenvalue weighted by atomic mass is 16.2. The van der Waals surface area contributed by atoms with Crippen LogP contribution in [-0.2, 0) is 4.79 Å². The first kappa shape index (κ1) is 17.9. The predicted octanol–water partition coefficient (Wildman–Crippen LogP) is 4.34. The van der Waals surface area contributed by atoms with Crippen molar-refractivity contribution >= 4 is 34.0 Å². The standard InChI is InChI=1S/C23H21N3O2/c1-15(18-8-4-9-19(14-18)24-22(27)17-12-13-17)25-26-23(28)21-11-5-7-16-6-2-3-10-20(16)21/h2-11,14,17H,12-13H2,1H3,(H,24,27)(H,26,28)/b25-15-. The molecule has 3 aromatic carbocycles. The normalized spacial score (nSPS) is 14.0. The van der Waals surface area contributed by atoms with E-state index < -0.39 is 0 Å². The second-order valence-corrected chi connectivity index (χ2v) is 7.01. The summed E-state index contributed by atoms with van der Waals surface area (Å²) >= 11 is 0. The van der Waals surface area contributed by atoms with E-state index in [9.17, 15) is 9.59 Å². The summed E-state index contributed by atoms with van der Waals surface area (Å²) in [4.78, 5) is 24.6. The zero-order chi connectivity index (χ0) is 19.5. The van der Waals surface area contributed by atoms with Gasteiger partial charge in [-0.1, -0.05) is 48.5 Å². The minimum Gasteiger partial charge on any atom is -0.326 e. The second-order valence-electron chi connectivity index (χ2n) is 7.01. The number of hydrogen-bond donors (Lipinski definition) is 2. The summed E-state index contributed by atoms with van der Waals surface area (Å²) in [6.45, 7) is 1.82. The quantitative estimate of drug-likeness (QED) is 0.517. The molecule has 1 aliphatic carbocycles. The fourth-order valence-electron chi connectivity index (χ4n) is 3.09. The van der Waals surface area contributed by atoms with Crippen molar-refractivity contribution in [3.63, 3.8) is 0 Å². The van der Waals surface area contributed by atoms with Crippen LogP contribution in [0.5, 0.6) is 0 Å². The fraction of sp³-hybridized carbons (Fsp3) is 0.174. The van der Waals surface area contributed by atoms with E-state index in [1.165, 1.54) is 0 Å². The van der Waals surface area contributed by atoms with Gasteiger partial charge in [-0.2, -0.15) is 5.10 Å². The van der Waals surface area contributed by atoms with Crippen LogP contribution >= 0.6 is 0 Å². The average Bonchev–Trinajstić information content (AvgIpc) is 3.57. The van der Waals surface area contributed by atoms with E-state index in [2.05, 4.69) is 15.8 Å². The van der Waals surface area contributed by atoms with Crippen LogP contribution in [0.2, 0.25) is 0 Å². The third-order valence-electron chi connectivity index (χ3n) is 4.86. The molecule has 0 unspecified atom stereocenters. The maximum Gasteiger partial charge on any atom is 0.272 e. The molecule has 1 fully saturated rings. The Hall–Kier alpha value is -3.47. The highest BCUT2D eigenvalue weighted by Gasteiger charge is 2.29. The summed E-state index contributed by atoms with van der Waals surface area (Å²) in [7, 11) is 0. The van der Waals surface area contributed by atoms with Gasteiger partial charge in [0.1, 0.15) is 0 Å². The molecule has 1 saturated carbocycles. The van der Waals surface area contributed by atoms with Crippen molar-refractivity contribution in [2.75, 3.05) is 5.32 Å². The van der Waals surface area contributed by atoms with Gasteiger partial charge in [-0.05, 0) is 54.3 Å². The Morgan fingerprint density at radius 1 is 0.964 bits per heavy atom. The van der Waals surface area contributed by atoms with Crippen molar-refractivity contribution in [3.8, 4) is 0 Å². The molecule has 28 heavy (non-hydrogen) atoms. The molecule has 140 valence electrons. The molecule has 0 spiro atoms. The Kier molecular flexibility index (Phi) is 4.89. The van der Waals surface area contributed by atoms with Gasteiger partial charge in [0.25, 0.3) is 5.91 Å². The predicted molar refractivity (Wildman–Crippen MR) is 111 cm³/mol. The molecule has 0 atom stereocenters. The number of anilines is 1. The van der Waals surface area contributed by atoms with Crippen molar-refractivity contribution in [1.29, 1.82) is 0 Å². The van der Waals surface area contributed by atoms with E-state index in [1.54, 1.807) is 6.07 Å². The average molecular weight is 371 g/mol. The van der Waals surface area contributed by atoms with Gasteiger partial charge in [-0.15, -0.1) is 0 Å². The SMILES string of the molecule is C/C(=N/NC(=O)c1cccc2ccccc12)c1cccc(NC(=O)C2CC2)c1. The first-order valence-corrected chi connectivity index (χ1v) is 9.35. The third-order valence-corrected chi connectivity index (χ3v) is 4.86. The zero-order valence-corrected chi connectivity index (χ0v) is 15.6. The van der Waals surface area contributed by atoms with Crippen molar-refractivity contribution in [2.24, 2.45) is 11.0 Å². The minimum absolute atomic E-state index is 0.0657. The topological polar surface area (TPSA) is 70.6 Å². The van der Waals surface area contributed by atoms with Gasteiger partial charge in [-0.25, -0.2) is 5.43 Å². The molecule has 2 N–H and O–H groups in total. The molecule has 0 heterocycles. The summed E-state index contributed by atoms with van der Waals surface area (Å²) in [6.07, 6.45) is 1.93. The number of hydrogen-bond acceptors (Lipinski definition) is 3. The summed E-state index contributed by atoms with van der Waals surface area (Å²) in [5.74, 6) is -0.0382. The van der Waals surface area contributed by atoms with Crippen LogP contribution < -0.4 is 10.7 Å². The van der Waals surface area contributed by atoms with Gasteiger partial charge in [0.2, 0.25) is 5.91 Å². The number of carbonyl (C=O) groups excluding carboxylic acids is 2. The lowest BCUT2D eigenvalue weighted by Gasteiger charge is -2.08. The molecule has 0 bridgehead atoms. The molecule has 5 nitrogen and oxygen atoms in total. The lowest BCUT2D eigenvalue weighted by atomic mass is 10.0. The van der Waals surface area contributed by atoms with E-state index in [4.69, 9.17) is 0 Å². The lowest BCUT2D eigenvalue weighted by molar-refractivity contribution is -0.117. The van der Waals surface area contributed by atoms with Crippen LogP contribution in [0, 0.1) is 5.92 Å². The van der Waals surface area contributed by atoms with E-state index in [1.807, 2.05) is 67.6 Å². The molecule has 1 aliphatic rings. The van der Waals surface area contributed by atoms with Crippen LogP contribution in [0.25, 0.3) is 10.8 Å². The fourth-order valence-corrected chi connectivity index (χ4v) is 3.09. The number of hydrazone groups is 1. The molecule has 0 aromatic heterocycles. The first-order valence-electron chi connectivity index (χ1n) is 9.35. The number of amides is 2. The van der Waals surface area contributed by atoms with Gasteiger partial charge in [-0.3, -0.25) is 9.59 Å². The maximum atomic E-state index is 12.6. The number of nitrogens with zero attached hydrogens (tertiary/aromatic N) is 1. The molecule has 0 saturated heterocycles. The molecule has 4 rings (SSSR count). The van der Waals surface area contributed by atoms with Crippen molar-refractivity contribution in [1.82, 2.24) is 5.43 Å². The summed E-state index contributed by atoms with van der Waals surface area (Å²) in [6, 6.07) is 20.9. The van der Waals surface area contributed by atoms with Crippen LogP contribution in [0.4, 0.5) is 5.69 Å². The Labute approximate surface area is 163 Å². The van der Waals surface area contributed by atoms with Gasteiger partial charge in [0, 0.05) is 17.2 Å². The van der Waals surface area contributed by atoms with E-state index >= 15 is 0 Å². The lowest BCUT2D eigenvalue weighted by Crippen LogP contribution is -2.19. The number of rotatable bonds is 5.